The van der Waals surface area contributed by atoms with Crippen LogP contribution in [0.1, 0.15) is 31.2 Å². The van der Waals surface area contributed by atoms with Crippen LogP contribution in [0.4, 0.5) is 10.1 Å². The van der Waals surface area contributed by atoms with E-state index in [0.29, 0.717) is 21.6 Å². The van der Waals surface area contributed by atoms with Gasteiger partial charge in [0.15, 0.2) is 5.82 Å². The molecule has 1 aromatic rings. The van der Waals surface area contributed by atoms with Crippen LogP contribution in [-0.2, 0) is 0 Å². The monoisotopic (exact) mass is 356 g/mol. The quantitative estimate of drug-likeness (QED) is 0.754. The van der Waals surface area contributed by atoms with Crippen LogP contribution >= 0.6 is 28.1 Å². The second-order valence-electron chi connectivity index (χ2n) is 5.87. The number of nitrogens with one attached hydrogen (secondary N) is 1. The van der Waals surface area contributed by atoms with E-state index in [0.717, 1.165) is 18.4 Å². The van der Waals surface area contributed by atoms with Crippen LogP contribution in [0, 0.1) is 23.6 Å². The highest BCUT2D eigenvalue weighted by molar-refractivity contribution is 9.10. The normalized spacial score (nSPS) is 18.4. The van der Waals surface area contributed by atoms with E-state index in [1.165, 1.54) is 25.7 Å². The molecule has 0 atom stereocenters. The number of anilines is 1. The summed E-state index contributed by atoms with van der Waals surface area (Å²) in [7, 11) is 0. The number of hydrogen-bond acceptors (Lipinski definition) is 2. The standard InChI is InChI=1S/C15H18BrFN2S/c16-13-10(15(18)20)5-6-12(14(13)17)19-7-11(8-1-2-8)9-3-4-9/h5-6,8-9,11,19H,1-4,7H2,(H2,18,20). The third-order valence-electron chi connectivity index (χ3n) is 4.33. The van der Waals surface area contributed by atoms with Crippen LogP contribution in [0.3, 0.4) is 0 Å². The summed E-state index contributed by atoms with van der Waals surface area (Å²) in [6.07, 6.45) is 5.37. The molecule has 1 aromatic carbocycles. The average Bonchev–Trinajstić information content (AvgIpc) is 3.26. The molecular weight excluding hydrogens is 339 g/mol. The summed E-state index contributed by atoms with van der Waals surface area (Å²) in [5.74, 6) is 2.12. The Morgan fingerprint density at radius 1 is 1.35 bits per heavy atom. The molecule has 2 saturated carbocycles. The number of rotatable bonds is 6. The van der Waals surface area contributed by atoms with Gasteiger partial charge in [-0.15, -0.1) is 0 Å². The molecule has 108 valence electrons. The van der Waals surface area contributed by atoms with Crippen molar-refractivity contribution < 1.29 is 4.39 Å². The Balaban J connectivity index is 1.70. The molecule has 2 aliphatic rings. The second kappa shape index (κ2) is 5.60. The van der Waals surface area contributed by atoms with Crippen LogP contribution in [0.5, 0.6) is 0 Å². The molecule has 3 rings (SSSR count). The highest BCUT2D eigenvalue weighted by Crippen LogP contribution is 2.49. The van der Waals surface area contributed by atoms with Crippen molar-refractivity contribution in [1.29, 1.82) is 0 Å². The topological polar surface area (TPSA) is 38.0 Å². The number of nitrogens with two attached hydrogens (primary N) is 1. The van der Waals surface area contributed by atoms with Crippen molar-refractivity contribution in [1.82, 2.24) is 0 Å². The fraction of sp³-hybridized carbons (Fsp3) is 0.533. The average molecular weight is 357 g/mol. The van der Waals surface area contributed by atoms with Crippen molar-refractivity contribution in [2.24, 2.45) is 23.5 Å². The Hall–Kier alpha value is -0.680. The molecule has 0 heterocycles. The Bertz CT molecular complexity index is 529. The number of benzene rings is 1. The van der Waals surface area contributed by atoms with Crippen LogP contribution in [-0.4, -0.2) is 11.5 Å². The van der Waals surface area contributed by atoms with Crippen LogP contribution in [0.2, 0.25) is 0 Å². The van der Waals surface area contributed by atoms with Gasteiger partial charge in [0.05, 0.1) is 10.2 Å². The fourth-order valence-corrected chi connectivity index (χ4v) is 3.73. The maximum Gasteiger partial charge on any atom is 0.161 e. The summed E-state index contributed by atoms with van der Waals surface area (Å²) in [6.45, 7) is 0.866. The van der Waals surface area contributed by atoms with Gasteiger partial charge in [-0.25, -0.2) is 4.39 Å². The van der Waals surface area contributed by atoms with Crippen molar-refractivity contribution in [3.63, 3.8) is 0 Å². The predicted molar refractivity (Wildman–Crippen MR) is 87.4 cm³/mol. The molecule has 0 aliphatic heterocycles. The predicted octanol–water partition coefficient (Wildman–Crippen LogP) is 4.07. The Kier molecular flexibility index (Phi) is 4.00. The third kappa shape index (κ3) is 2.98. The van der Waals surface area contributed by atoms with E-state index < -0.39 is 0 Å². The van der Waals surface area contributed by atoms with Crippen LogP contribution < -0.4 is 11.1 Å². The minimum absolute atomic E-state index is 0.205. The van der Waals surface area contributed by atoms with Crippen LogP contribution in [0.25, 0.3) is 0 Å². The van der Waals surface area contributed by atoms with E-state index in [2.05, 4.69) is 21.2 Å². The molecule has 0 saturated heterocycles. The maximum atomic E-state index is 14.3. The van der Waals surface area contributed by atoms with Gasteiger partial charge >= 0.3 is 0 Å². The lowest BCUT2D eigenvalue weighted by Gasteiger charge is -2.18. The van der Waals surface area contributed by atoms with Crippen molar-refractivity contribution in [2.75, 3.05) is 11.9 Å². The summed E-state index contributed by atoms with van der Waals surface area (Å²) in [6, 6.07) is 3.49. The second-order valence-corrected chi connectivity index (χ2v) is 7.11. The van der Waals surface area contributed by atoms with Gasteiger partial charge in [0, 0.05) is 12.1 Å². The lowest BCUT2D eigenvalue weighted by molar-refractivity contribution is 0.427. The van der Waals surface area contributed by atoms with Gasteiger partial charge in [-0.1, -0.05) is 12.2 Å². The van der Waals surface area contributed by atoms with E-state index in [1.54, 1.807) is 12.1 Å². The first-order chi connectivity index (χ1) is 9.58. The Morgan fingerprint density at radius 3 is 2.45 bits per heavy atom. The van der Waals surface area contributed by atoms with E-state index in [1.807, 2.05) is 0 Å². The smallest absolute Gasteiger partial charge is 0.161 e. The zero-order valence-electron chi connectivity index (χ0n) is 11.2. The molecule has 5 heteroatoms. The van der Waals surface area contributed by atoms with Crippen molar-refractivity contribution >= 4 is 38.8 Å². The number of halogens is 2. The lowest BCUT2D eigenvalue weighted by atomic mass is 9.98. The summed E-state index contributed by atoms with van der Waals surface area (Å²) in [5.41, 5.74) is 6.64. The molecule has 0 aromatic heterocycles. The van der Waals surface area contributed by atoms with E-state index in [-0.39, 0.29) is 10.8 Å². The number of thiocarbonyl (C=S) groups is 1. The third-order valence-corrected chi connectivity index (χ3v) is 5.33. The first-order valence-corrected chi connectivity index (χ1v) is 8.29. The molecule has 0 radical (unpaired) electrons. The van der Waals surface area contributed by atoms with Gasteiger partial charge in [0.2, 0.25) is 0 Å². The molecule has 0 bridgehead atoms. The summed E-state index contributed by atoms with van der Waals surface area (Å²) in [5, 5.41) is 3.27. The zero-order valence-corrected chi connectivity index (χ0v) is 13.6. The highest BCUT2D eigenvalue weighted by Gasteiger charge is 2.41. The van der Waals surface area contributed by atoms with Gasteiger partial charge < -0.3 is 11.1 Å². The van der Waals surface area contributed by atoms with Crippen molar-refractivity contribution in [2.45, 2.75) is 25.7 Å². The number of hydrogen-bond donors (Lipinski definition) is 2. The maximum absolute atomic E-state index is 14.3. The first kappa shape index (κ1) is 14.3. The summed E-state index contributed by atoms with van der Waals surface area (Å²) in [4.78, 5) is 0.205. The van der Waals surface area contributed by atoms with Gasteiger partial charge in [-0.05, 0) is 71.5 Å². The van der Waals surface area contributed by atoms with Gasteiger partial charge in [0.1, 0.15) is 4.99 Å². The fourth-order valence-electron chi connectivity index (χ4n) is 2.87. The molecular formula is C15H18BrFN2S. The van der Waals surface area contributed by atoms with Crippen molar-refractivity contribution in [3.05, 3.63) is 28.0 Å². The molecule has 20 heavy (non-hydrogen) atoms. The van der Waals surface area contributed by atoms with Crippen LogP contribution in [0.15, 0.2) is 16.6 Å². The summed E-state index contributed by atoms with van der Waals surface area (Å²) >= 11 is 8.14. The van der Waals surface area contributed by atoms with E-state index in [9.17, 15) is 4.39 Å². The van der Waals surface area contributed by atoms with E-state index >= 15 is 0 Å². The minimum Gasteiger partial charge on any atom is -0.389 e. The Labute approximate surface area is 132 Å². The van der Waals surface area contributed by atoms with Crippen molar-refractivity contribution in [3.8, 4) is 0 Å². The van der Waals surface area contributed by atoms with E-state index in [4.69, 9.17) is 18.0 Å². The molecule has 3 N–H and O–H groups in total. The zero-order chi connectivity index (χ0) is 14.3. The molecule has 0 amide bonds. The molecule has 0 unspecified atom stereocenters. The SMILES string of the molecule is NC(=S)c1ccc(NCC(C2CC2)C2CC2)c(F)c1Br. The van der Waals surface area contributed by atoms with Gasteiger partial charge in [0.25, 0.3) is 0 Å². The largest absolute Gasteiger partial charge is 0.389 e. The Morgan fingerprint density at radius 2 is 1.95 bits per heavy atom. The molecule has 2 aliphatic carbocycles. The first-order valence-electron chi connectivity index (χ1n) is 7.09. The highest BCUT2D eigenvalue weighted by atomic mass is 79.9. The molecule has 0 spiro atoms. The van der Waals surface area contributed by atoms with Gasteiger partial charge in [-0.3, -0.25) is 0 Å². The molecule has 2 fully saturated rings. The van der Waals surface area contributed by atoms with Gasteiger partial charge in [-0.2, -0.15) is 0 Å². The molecule has 2 nitrogen and oxygen atoms in total. The minimum atomic E-state index is -0.305. The lowest BCUT2D eigenvalue weighted by Crippen LogP contribution is -2.19. The summed E-state index contributed by atoms with van der Waals surface area (Å²) < 4.78 is 14.6.